The van der Waals surface area contributed by atoms with E-state index in [4.69, 9.17) is 23.2 Å². The maximum absolute atomic E-state index is 13.3. The fourth-order valence-corrected chi connectivity index (χ4v) is 3.65. The quantitative estimate of drug-likeness (QED) is 0.461. The van der Waals surface area contributed by atoms with Crippen molar-refractivity contribution in [3.05, 3.63) is 86.8 Å². The summed E-state index contributed by atoms with van der Waals surface area (Å²) >= 11 is 11.7. The maximum atomic E-state index is 13.3. The van der Waals surface area contributed by atoms with E-state index in [9.17, 15) is 9.59 Å². The molecular formula is C21H15Cl2N3O2. The molecule has 0 aliphatic carbocycles. The average Bonchev–Trinajstić information content (AvgIpc) is 3.02. The zero-order chi connectivity index (χ0) is 19.8. The Kier molecular flexibility index (Phi) is 4.79. The standard InChI is InChI=1S/C21H15Cl2N3O2/c1-25-16-10-6-5-9-14(16)18(20(25)13-7-3-2-4-8-13)17(27)12-26-21(28)19(23)15(22)11-24-26/h2-11H,12H2,1H3. The molecule has 2 aromatic heterocycles. The number of para-hydroxylation sites is 1. The topological polar surface area (TPSA) is 56.9 Å². The summed E-state index contributed by atoms with van der Waals surface area (Å²) in [4.78, 5) is 25.6. The Labute approximate surface area is 170 Å². The zero-order valence-electron chi connectivity index (χ0n) is 14.9. The Morgan fingerprint density at radius 3 is 2.46 bits per heavy atom. The number of carbonyl (C=O) groups is 1. The number of Topliss-reactive ketones (excluding diaryl/α,β-unsaturated/α-hetero) is 1. The summed E-state index contributed by atoms with van der Waals surface area (Å²) in [5.74, 6) is -0.233. The van der Waals surface area contributed by atoms with E-state index >= 15 is 0 Å². The third-order valence-electron chi connectivity index (χ3n) is 4.67. The van der Waals surface area contributed by atoms with Gasteiger partial charge in [0, 0.05) is 18.0 Å². The van der Waals surface area contributed by atoms with Gasteiger partial charge in [0.2, 0.25) is 0 Å². The molecule has 0 bridgehead atoms. The van der Waals surface area contributed by atoms with Crippen LogP contribution in [-0.4, -0.2) is 20.1 Å². The van der Waals surface area contributed by atoms with Crippen LogP contribution in [0, 0.1) is 0 Å². The fraction of sp³-hybridized carbons (Fsp3) is 0.0952. The number of hydrogen-bond acceptors (Lipinski definition) is 3. The van der Waals surface area contributed by atoms with Crippen LogP contribution in [0.1, 0.15) is 10.4 Å². The number of carbonyl (C=O) groups excluding carboxylic acids is 1. The van der Waals surface area contributed by atoms with Gasteiger partial charge in [-0.15, -0.1) is 0 Å². The fourth-order valence-electron chi connectivity index (χ4n) is 3.38. The lowest BCUT2D eigenvalue weighted by atomic mass is 10.0. The van der Waals surface area contributed by atoms with Gasteiger partial charge in [0.15, 0.2) is 5.78 Å². The molecule has 0 saturated heterocycles. The molecule has 0 radical (unpaired) electrons. The van der Waals surface area contributed by atoms with Crippen molar-refractivity contribution in [1.82, 2.24) is 14.3 Å². The summed E-state index contributed by atoms with van der Waals surface area (Å²) in [5, 5.41) is 4.69. The number of benzene rings is 2. The lowest BCUT2D eigenvalue weighted by Crippen LogP contribution is -2.27. The van der Waals surface area contributed by atoms with Gasteiger partial charge in [-0.1, -0.05) is 71.7 Å². The first-order valence-corrected chi connectivity index (χ1v) is 9.31. The van der Waals surface area contributed by atoms with Crippen molar-refractivity contribution >= 4 is 39.9 Å². The van der Waals surface area contributed by atoms with Crippen molar-refractivity contribution in [2.24, 2.45) is 7.05 Å². The molecule has 0 N–H and O–H groups in total. The lowest BCUT2D eigenvalue weighted by Gasteiger charge is -2.09. The summed E-state index contributed by atoms with van der Waals surface area (Å²) in [6.07, 6.45) is 1.26. The van der Waals surface area contributed by atoms with E-state index in [2.05, 4.69) is 5.10 Å². The Morgan fingerprint density at radius 2 is 1.71 bits per heavy atom. The largest absolute Gasteiger partial charge is 0.343 e. The molecular weight excluding hydrogens is 397 g/mol. The van der Waals surface area contributed by atoms with Crippen LogP contribution in [0.4, 0.5) is 0 Å². The van der Waals surface area contributed by atoms with E-state index in [1.54, 1.807) is 0 Å². The summed E-state index contributed by atoms with van der Waals surface area (Å²) in [7, 11) is 1.92. The van der Waals surface area contributed by atoms with Crippen molar-refractivity contribution in [3.8, 4) is 11.3 Å². The van der Waals surface area contributed by atoms with Crippen LogP contribution in [0.25, 0.3) is 22.2 Å². The second-order valence-electron chi connectivity index (χ2n) is 6.36. The number of fused-ring (bicyclic) bond motifs is 1. The average molecular weight is 412 g/mol. The number of nitrogens with zero attached hydrogens (tertiary/aromatic N) is 3. The van der Waals surface area contributed by atoms with E-state index < -0.39 is 5.56 Å². The van der Waals surface area contributed by atoms with E-state index in [-0.39, 0.29) is 22.4 Å². The molecule has 0 spiro atoms. The number of hydrogen-bond donors (Lipinski definition) is 0. The molecule has 0 saturated carbocycles. The summed E-state index contributed by atoms with van der Waals surface area (Å²) < 4.78 is 3.02. The third-order valence-corrected chi connectivity index (χ3v) is 5.42. The van der Waals surface area contributed by atoms with Crippen LogP contribution in [0.2, 0.25) is 10.0 Å². The smallest absolute Gasteiger partial charge is 0.287 e. The molecule has 2 heterocycles. The normalized spacial score (nSPS) is 11.1. The molecule has 28 heavy (non-hydrogen) atoms. The SMILES string of the molecule is Cn1c(-c2ccccc2)c(C(=O)Cn2ncc(Cl)c(Cl)c2=O)c2ccccc21. The van der Waals surface area contributed by atoms with E-state index in [1.807, 2.05) is 66.2 Å². The number of rotatable bonds is 4. The van der Waals surface area contributed by atoms with E-state index in [0.717, 1.165) is 26.8 Å². The molecule has 140 valence electrons. The molecule has 0 amide bonds. The Morgan fingerprint density at radius 1 is 1.04 bits per heavy atom. The van der Waals surface area contributed by atoms with Gasteiger partial charge in [-0.25, -0.2) is 4.68 Å². The highest BCUT2D eigenvalue weighted by molar-refractivity contribution is 6.41. The molecule has 2 aromatic carbocycles. The van der Waals surface area contributed by atoms with Crippen LogP contribution in [0.3, 0.4) is 0 Å². The first-order chi connectivity index (χ1) is 13.5. The minimum atomic E-state index is -0.594. The summed E-state index contributed by atoms with van der Waals surface area (Å²) in [5.41, 5.74) is 2.59. The van der Waals surface area contributed by atoms with Crippen molar-refractivity contribution in [2.75, 3.05) is 0 Å². The number of aryl methyl sites for hydroxylation is 1. The van der Waals surface area contributed by atoms with Crippen LogP contribution < -0.4 is 5.56 Å². The van der Waals surface area contributed by atoms with Crippen LogP contribution >= 0.6 is 23.2 Å². The molecule has 0 aliphatic rings. The molecule has 0 aliphatic heterocycles. The van der Waals surface area contributed by atoms with Gasteiger partial charge in [0.1, 0.15) is 11.6 Å². The number of halogens is 2. The summed E-state index contributed by atoms with van der Waals surface area (Å²) in [6, 6.07) is 17.4. The number of aromatic nitrogens is 3. The molecule has 0 atom stereocenters. The minimum absolute atomic E-state index is 0.0606. The monoisotopic (exact) mass is 411 g/mol. The second-order valence-corrected chi connectivity index (χ2v) is 7.14. The Balaban J connectivity index is 1.90. The van der Waals surface area contributed by atoms with Gasteiger partial charge in [-0.05, 0) is 11.6 Å². The van der Waals surface area contributed by atoms with Crippen molar-refractivity contribution in [1.29, 1.82) is 0 Å². The van der Waals surface area contributed by atoms with Crippen LogP contribution in [0.15, 0.2) is 65.6 Å². The molecule has 0 unspecified atom stereocenters. The molecule has 7 heteroatoms. The first kappa shape index (κ1) is 18.5. The van der Waals surface area contributed by atoms with E-state index in [1.165, 1.54) is 6.20 Å². The van der Waals surface area contributed by atoms with Gasteiger partial charge < -0.3 is 4.57 Å². The van der Waals surface area contributed by atoms with Crippen LogP contribution in [-0.2, 0) is 13.6 Å². The van der Waals surface area contributed by atoms with Gasteiger partial charge in [-0.3, -0.25) is 9.59 Å². The maximum Gasteiger partial charge on any atom is 0.287 e. The van der Waals surface area contributed by atoms with Crippen molar-refractivity contribution < 1.29 is 4.79 Å². The summed E-state index contributed by atoms with van der Waals surface area (Å²) in [6.45, 7) is -0.233. The molecule has 5 nitrogen and oxygen atoms in total. The zero-order valence-corrected chi connectivity index (χ0v) is 16.4. The molecule has 4 rings (SSSR count). The van der Waals surface area contributed by atoms with Gasteiger partial charge in [0.25, 0.3) is 5.56 Å². The van der Waals surface area contributed by atoms with Gasteiger partial charge >= 0.3 is 0 Å². The first-order valence-electron chi connectivity index (χ1n) is 8.56. The molecule has 0 fully saturated rings. The Hall–Kier alpha value is -2.89. The molecule has 4 aromatic rings. The minimum Gasteiger partial charge on any atom is -0.343 e. The number of ketones is 1. The predicted molar refractivity (Wildman–Crippen MR) is 111 cm³/mol. The van der Waals surface area contributed by atoms with Gasteiger partial charge in [-0.2, -0.15) is 5.10 Å². The van der Waals surface area contributed by atoms with Crippen molar-refractivity contribution in [2.45, 2.75) is 6.54 Å². The highest BCUT2D eigenvalue weighted by Gasteiger charge is 2.23. The lowest BCUT2D eigenvalue weighted by molar-refractivity contribution is 0.0968. The highest BCUT2D eigenvalue weighted by atomic mass is 35.5. The second kappa shape index (κ2) is 7.26. The van der Waals surface area contributed by atoms with Crippen LogP contribution in [0.5, 0.6) is 0 Å². The van der Waals surface area contributed by atoms with Gasteiger partial charge in [0.05, 0.1) is 22.5 Å². The third kappa shape index (κ3) is 3.03. The van der Waals surface area contributed by atoms with E-state index in [0.29, 0.717) is 5.56 Å². The Bertz CT molecular complexity index is 1260. The highest BCUT2D eigenvalue weighted by Crippen LogP contribution is 2.33. The van der Waals surface area contributed by atoms with Crippen molar-refractivity contribution in [3.63, 3.8) is 0 Å². The predicted octanol–water partition coefficient (Wildman–Crippen LogP) is 4.59.